The van der Waals surface area contributed by atoms with Gasteiger partial charge in [-0.05, 0) is 17.5 Å². The van der Waals surface area contributed by atoms with Gasteiger partial charge in [0.2, 0.25) is 0 Å². The Bertz CT molecular complexity index is 329. The molecule has 0 spiro atoms. The molecule has 0 heterocycles. The summed E-state index contributed by atoms with van der Waals surface area (Å²) in [4.78, 5) is 0. The molecule has 78 valence electrons. The van der Waals surface area contributed by atoms with Gasteiger partial charge in [-0.3, -0.25) is 0 Å². The highest BCUT2D eigenvalue weighted by molar-refractivity contribution is 5.41. The number of hydrogen-bond donors (Lipinski definition) is 2. The molecule has 3 heteroatoms. The van der Waals surface area contributed by atoms with Crippen molar-refractivity contribution in [2.45, 2.75) is 26.8 Å². The van der Waals surface area contributed by atoms with Crippen LogP contribution in [0.1, 0.15) is 32.4 Å². The fraction of sp³-hybridized carbons (Fsp3) is 0.455. The summed E-state index contributed by atoms with van der Waals surface area (Å²) in [6.45, 7) is 5.94. The second-order valence-corrected chi connectivity index (χ2v) is 4.62. The predicted molar refractivity (Wildman–Crippen MR) is 57.2 cm³/mol. The van der Waals surface area contributed by atoms with E-state index >= 15 is 0 Å². The van der Waals surface area contributed by atoms with Crippen LogP contribution in [-0.4, -0.2) is 0 Å². The average Bonchev–Trinajstić information content (AvgIpc) is 2.01. The van der Waals surface area contributed by atoms with Crippen LogP contribution in [0.3, 0.4) is 0 Å². The third kappa shape index (κ3) is 2.23. The van der Waals surface area contributed by atoms with Gasteiger partial charge in [0.25, 0.3) is 0 Å². The molecule has 0 radical (unpaired) electrons. The van der Waals surface area contributed by atoms with Crippen molar-refractivity contribution in [2.75, 3.05) is 5.73 Å². The average molecular weight is 196 g/mol. The maximum atomic E-state index is 13.5. The number of halogens is 1. The molecule has 1 atom stereocenters. The number of rotatable bonds is 1. The lowest BCUT2D eigenvalue weighted by atomic mass is 9.83. The molecule has 0 aliphatic rings. The quantitative estimate of drug-likeness (QED) is 0.678. The van der Waals surface area contributed by atoms with Gasteiger partial charge in [0.1, 0.15) is 5.82 Å². The predicted octanol–water partition coefficient (Wildman–Crippen LogP) is 2.45. The molecule has 0 amide bonds. The molecule has 0 fully saturated rings. The standard InChI is InChI=1S/C11H17FN2/c1-11(2,3)10(14)8-5-4-7(13)6-9(8)12/h4-6,10H,13-14H2,1-3H3/t10-/m0/s1. The number of hydrogen-bond acceptors (Lipinski definition) is 2. The van der Waals surface area contributed by atoms with E-state index < -0.39 is 0 Å². The summed E-state index contributed by atoms with van der Waals surface area (Å²) in [5, 5.41) is 0. The van der Waals surface area contributed by atoms with Gasteiger partial charge < -0.3 is 11.5 Å². The maximum Gasteiger partial charge on any atom is 0.130 e. The minimum absolute atomic E-state index is 0.156. The van der Waals surface area contributed by atoms with E-state index in [9.17, 15) is 4.39 Å². The SMILES string of the molecule is CC(C)(C)[C@@H](N)c1ccc(N)cc1F. The normalized spacial score (nSPS) is 14.1. The van der Waals surface area contributed by atoms with Crippen LogP contribution in [-0.2, 0) is 0 Å². The first kappa shape index (κ1) is 11.0. The van der Waals surface area contributed by atoms with Gasteiger partial charge in [-0.1, -0.05) is 26.8 Å². The minimum atomic E-state index is -0.326. The first-order chi connectivity index (χ1) is 6.32. The van der Waals surface area contributed by atoms with Crippen LogP contribution in [0.2, 0.25) is 0 Å². The first-order valence-corrected chi connectivity index (χ1v) is 4.63. The van der Waals surface area contributed by atoms with Gasteiger partial charge in [-0.2, -0.15) is 0 Å². The molecule has 0 aliphatic heterocycles. The van der Waals surface area contributed by atoms with E-state index in [1.165, 1.54) is 6.07 Å². The lowest BCUT2D eigenvalue weighted by Crippen LogP contribution is -2.27. The summed E-state index contributed by atoms with van der Waals surface area (Å²) in [7, 11) is 0. The van der Waals surface area contributed by atoms with Crippen LogP contribution in [0.25, 0.3) is 0 Å². The second-order valence-electron chi connectivity index (χ2n) is 4.62. The Kier molecular flexibility index (Phi) is 2.81. The molecule has 2 nitrogen and oxygen atoms in total. The summed E-state index contributed by atoms with van der Waals surface area (Å²) in [6.07, 6.45) is 0. The summed E-state index contributed by atoms with van der Waals surface area (Å²) in [5.41, 5.74) is 12.2. The van der Waals surface area contributed by atoms with Gasteiger partial charge in [0.05, 0.1) is 0 Å². The van der Waals surface area contributed by atoms with E-state index in [0.717, 1.165) is 0 Å². The second kappa shape index (κ2) is 3.58. The minimum Gasteiger partial charge on any atom is -0.399 e. The maximum absolute atomic E-state index is 13.5. The van der Waals surface area contributed by atoms with E-state index in [4.69, 9.17) is 11.5 Å². The molecule has 0 saturated heterocycles. The van der Waals surface area contributed by atoms with Gasteiger partial charge in [-0.15, -0.1) is 0 Å². The molecule has 14 heavy (non-hydrogen) atoms. The van der Waals surface area contributed by atoms with Crippen molar-refractivity contribution in [1.29, 1.82) is 0 Å². The van der Waals surface area contributed by atoms with E-state index in [1.54, 1.807) is 12.1 Å². The molecular weight excluding hydrogens is 179 g/mol. The summed E-state index contributed by atoms with van der Waals surface area (Å²) >= 11 is 0. The van der Waals surface area contributed by atoms with E-state index in [1.807, 2.05) is 20.8 Å². The molecule has 1 aromatic carbocycles. The fourth-order valence-electron chi connectivity index (χ4n) is 1.26. The highest BCUT2D eigenvalue weighted by Gasteiger charge is 2.24. The number of anilines is 1. The number of nitrogen functional groups attached to an aromatic ring is 1. The van der Waals surface area contributed by atoms with Crippen molar-refractivity contribution in [3.63, 3.8) is 0 Å². The summed E-state index contributed by atoms with van der Waals surface area (Å²) < 4.78 is 13.5. The molecule has 0 bridgehead atoms. The van der Waals surface area contributed by atoms with Gasteiger partial charge in [0.15, 0.2) is 0 Å². The summed E-state index contributed by atoms with van der Waals surface area (Å²) in [5.74, 6) is -0.326. The van der Waals surface area contributed by atoms with Crippen molar-refractivity contribution < 1.29 is 4.39 Å². The lowest BCUT2D eigenvalue weighted by molar-refractivity contribution is 0.319. The molecule has 1 aromatic rings. The monoisotopic (exact) mass is 196 g/mol. The Morgan fingerprint density at radius 3 is 2.29 bits per heavy atom. The van der Waals surface area contributed by atoms with Crippen LogP contribution >= 0.6 is 0 Å². The van der Waals surface area contributed by atoms with Crippen molar-refractivity contribution >= 4 is 5.69 Å². The highest BCUT2D eigenvalue weighted by atomic mass is 19.1. The van der Waals surface area contributed by atoms with Crippen molar-refractivity contribution in [3.8, 4) is 0 Å². The van der Waals surface area contributed by atoms with Crippen molar-refractivity contribution in [1.82, 2.24) is 0 Å². The Morgan fingerprint density at radius 2 is 1.86 bits per heavy atom. The summed E-state index contributed by atoms with van der Waals surface area (Å²) in [6, 6.07) is 4.31. The first-order valence-electron chi connectivity index (χ1n) is 4.63. The van der Waals surface area contributed by atoms with Crippen LogP contribution in [0.15, 0.2) is 18.2 Å². The van der Waals surface area contributed by atoms with Crippen LogP contribution in [0.5, 0.6) is 0 Å². The topological polar surface area (TPSA) is 52.0 Å². The zero-order valence-electron chi connectivity index (χ0n) is 8.84. The highest BCUT2D eigenvalue weighted by Crippen LogP contribution is 2.32. The third-order valence-corrected chi connectivity index (χ3v) is 2.29. The lowest BCUT2D eigenvalue weighted by Gasteiger charge is -2.27. The number of nitrogens with two attached hydrogens (primary N) is 2. The van der Waals surface area contributed by atoms with E-state index in [-0.39, 0.29) is 17.3 Å². The zero-order valence-corrected chi connectivity index (χ0v) is 8.84. The molecule has 1 rings (SSSR count). The van der Waals surface area contributed by atoms with Crippen LogP contribution in [0, 0.1) is 11.2 Å². The largest absolute Gasteiger partial charge is 0.399 e. The van der Waals surface area contributed by atoms with Gasteiger partial charge in [0, 0.05) is 17.3 Å². The van der Waals surface area contributed by atoms with E-state index in [0.29, 0.717) is 11.3 Å². The molecule has 0 aromatic heterocycles. The van der Waals surface area contributed by atoms with Crippen molar-refractivity contribution in [2.24, 2.45) is 11.1 Å². The molecule has 0 unspecified atom stereocenters. The zero-order chi connectivity index (χ0) is 10.9. The number of benzene rings is 1. The Hall–Kier alpha value is -1.09. The third-order valence-electron chi connectivity index (χ3n) is 2.29. The molecule has 0 saturated carbocycles. The Morgan fingerprint density at radius 1 is 1.29 bits per heavy atom. The van der Waals surface area contributed by atoms with Gasteiger partial charge >= 0.3 is 0 Å². The van der Waals surface area contributed by atoms with Crippen LogP contribution in [0.4, 0.5) is 10.1 Å². The van der Waals surface area contributed by atoms with Crippen molar-refractivity contribution in [3.05, 3.63) is 29.6 Å². The fourth-order valence-corrected chi connectivity index (χ4v) is 1.26. The molecule has 4 N–H and O–H groups in total. The Balaban J connectivity index is 3.08. The van der Waals surface area contributed by atoms with E-state index in [2.05, 4.69) is 0 Å². The molecular formula is C11H17FN2. The Labute approximate surface area is 84.1 Å². The van der Waals surface area contributed by atoms with Gasteiger partial charge in [-0.25, -0.2) is 4.39 Å². The smallest absolute Gasteiger partial charge is 0.130 e. The molecule has 0 aliphatic carbocycles. The van der Waals surface area contributed by atoms with Crippen LogP contribution < -0.4 is 11.5 Å².